The maximum atomic E-state index is 12.0. The van der Waals surface area contributed by atoms with Crippen molar-refractivity contribution in [3.05, 3.63) is 0 Å². The lowest BCUT2D eigenvalue weighted by Crippen LogP contribution is -2.38. The molecule has 0 bridgehead atoms. The summed E-state index contributed by atoms with van der Waals surface area (Å²) in [5.74, 6) is 4.09. The van der Waals surface area contributed by atoms with E-state index in [4.69, 9.17) is 4.74 Å². The Balaban J connectivity index is 1.82. The Kier molecular flexibility index (Phi) is 5.58. The first-order valence-corrected chi connectivity index (χ1v) is 8.70. The van der Waals surface area contributed by atoms with Crippen LogP contribution in [0.3, 0.4) is 0 Å². The molecule has 2 fully saturated rings. The summed E-state index contributed by atoms with van der Waals surface area (Å²) in [6.45, 7) is 8.01. The van der Waals surface area contributed by atoms with Crippen LogP contribution in [0.2, 0.25) is 0 Å². The molecule has 0 aromatic heterocycles. The van der Waals surface area contributed by atoms with E-state index >= 15 is 0 Å². The first kappa shape index (κ1) is 15.2. The van der Waals surface area contributed by atoms with Crippen molar-refractivity contribution in [2.75, 3.05) is 24.8 Å². The highest BCUT2D eigenvalue weighted by molar-refractivity contribution is 7.99. The van der Waals surface area contributed by atoms with Gasteiger partial charge in [0.2, 0.25) is 5.91 Å². The molecular formula is C15H27NO2S. The third-order valence-electron chi connectivity index (χ3n) is 4.49. The summed E-state index contributed by atoms with van der Waals surface area (Å²) in [6.07, 6.45) is 3.95. The van der Waals surface area contributed by atoms with E-state index in [1.54, 1.807) is 0 Å². The number of nitrogens with zero attached hydrogens (tertiary/aromatic N) is 1. The summed E-state index contributed by atoms with van der Waals surface area (Å²) < 4.78 is 6.00. The standard InChI is InChI=1S/C15H27NO2S/c1-11(2)13-5-4-12(3)8-14(13)18-9-15(17)16-6-7-19-10-16/h11-14H,4-10H2,1-3H3/t12-,13+,14-/m0/s1. The third-order valence-corrected chi connectivity index (χ3v) is 5.45. The Labute approximate surface area is 121 Å². The molecule has 0 radical (unpaired) electrons. The molecule has 1 saturated carbocycles. The van der Waals surface area contributed by atoms with E-state index in [0.717, 1.165) is 30.5 Å². The lowest BCUT2D eigenvalue weighted by atomic mass is 9.75. The molecule has 0 aromatic rings. The van der Waals surface area contributed by atoms with Crippen LogP contribution in [0, 0.1) is 17.8 Å². The van der Waals surface area contributed by atoms with Crippen molar-refractivity contribution in [1.82, 2.24) is 4.90 Å². The maximum absolute atomic E-state index is 12.0. The lowest BCUT2D eigenvalue weighted by Gasteiger charge is -2.37. The van der Waals surface area contributed by atoms with E-state index in [0.29, 0.717) is 11.8 Å². The molecule has 0 aromatic carbocycles. The summed E-state index contributed by atoms with van der Waals surface area (Å²) >= 11 is 1.83. The average molecular weight is 285 g/mol. The quantitative estimate of drug-likeness (QED) is 0.795. The number of carbonyl (C=O) groups is 1. The smallest absolute Gasteiger partial charge is 0.249 e. The van der Waals surface area contributed by atoms with Crippen LogP contribution in [-0.4, -0.2) is 41.7 Å². The first-order chi connectivity index (χ1) is 9.08. The molecular weight excluding hydrogens is 258 g/mol. The number of thioether (sulfide) groups is 1. The predicted octanol–water partition coefficient (Wildman–Crippen LogP) is 3.00. The van der Waals surface area contributed by atoms with Crippen molar-refractivity contribution in [1.29, 1.82) is 0 Å². The van der Waals surface area contributed by atoms with Crippen LogP contribution >= 0.6 is 11.8 Å². The second-order valence-corrected chi connectivity index (χ2v) is 7.44. The van der Waals surface area contributed by atoms with Gasteiger partial charge in [0, 0.05) is 12.3 Å². The lowest BCUT2D eigenvalue weighted by molar-refractivity contribution is -0.140. The molecule has 1 saturated heterocycles. The predicted molar refractivity (Wildman–Crippen MR) is 80.1 cm³/mol. The van der Waals surface area contributed by atoms with E-state index in [9.17, 15) is 4.79 Å². The van der Waals surface area contributed by atoms with Crippen LogP contribution in [0.1, 0.15) is 40.0 Å². The van der Waals surface area contributed by atoms with Gasteiger partial charge in [-0.3, -0.25) is 4.79 Å². The van der Waals surface area contributed by atoms with Crippen LogP contribution in [0.25, 0.3) is 0 Å². The SMILES string of the molecule is CC(C)[C@H]1CC[C@H](C)C[C@@H]1OCC(=O)N1CCSC1. The molecule has 1 aliphatic carbocycles. The molecule has 4 heteroatoms. The molecule has 0 spiro atoms. The highest BCUT2D eigenvalue weighted by Gasteiger charge is 2.32. The zero-order valence-corrected chi connectivity index (χ0v) is 13.2. The van der Waals surface area contributed by atoms with Gasteiger partial charge in [0.05, 0.1) is 12.0 Å². The molecule has 1 aliphatic heterocycles. The van der Waals surface area contributed by atoms with Gasteiger partial charge in [-0.2, -0.15) is 0 Å². The van der Waals surface area contributed by atoms with Crippen molar-refractivity contribution in [2.45, 2.75) is 46.1 Å². The van der Waals surface area contributed by atoms with E-state index in [1.165, 1.54) is 12.8 Å². The second kappa shape index (κ2) is 6.98. The second-order valence-electron chi connectivity index (χ2n) is 6.37. The van der Waals surface area contributed by atoms with Gasteiger partial charge in [0.15, 0.2) is 0 Å². The van der Waals surface area contributed by atoms with Crippen molar-refractivity contribution in [2.24, 2.45) is 17.8 Å². The Morgan fingerprint density at radius 2 is 2.21 bits per heavy atom. The van der Waals surface area contributed by atoms with E-state index < -0.39 is 0 Å². The van der Waals surface area contributed by atoms with Crippen LogP contribution in [0.5, 0.6) is 0 Å². The number of hydrogen-bond acceptors (Lipinski definition) is 3. The van der Waals surface area contributed by atoms with Crippen molar-refractivity contribution in [3.63, 3.8) is 0 Å². The largest absolute Gasteiger partial charge is 0.368 e. The highest BCUT2D eigenvalue weighted by Crippen LogP contribution is 2.35. The molecule has 3 nitrogen and oxygen atoms in total. The topological polar surface area (TPSA) is 29.5 Å². The van der Waals surface area contributed by atoms with Crippen LogP contribution < -0.4 is 0 Å². The normalized spacial score (nSPS) is 32.0. The van der Waals surface area contributed by atoms with Crippen LogP contribution in [0.4, 0.5) is 0 Å². The number of amides is 1. The molecule has 1 heterocycles. The molecule has 1 amide bonds. The van der Waals surface area contributed by atoms with Crippen LogP contribution in [-0.2, 0) is 9.53 Å². The number of carbonyl (C=O) groups excluding carboxylic acids is 1. The molecule has 19 heavy (non-hydrogen) atoms. The van der Waals surface area contributed by atoms with E-state index in [-0.39, 0.29) is 18.6 Å². The summed E-state index contributed by atoms with van der Waals surface area (Å²) in [7, 11) is 0. The fourth-order valence-electron chi connectivity index (χ4n) is 3.19. The minimum absolute atomic E-state index is 0.172. The first-order valence-electron chi connectivity index (χ1n) is 7.55. The summed E-state index contributed by atoms with van der Waals surface area (Å²) in [5.41, 5.74) is 0. The minimum atomic E-state index is 0.172. The molecule has 3 atom stereocenters. The number of hydrogen-bond donors (Lipinski definition) is 0. The van der Waals surface area contributed by atoms with E-state index in [1.807, 2.05) is 16.7 Å². The summed E-state index contributed by atoms with van der Waals surface area (Å²) in [5, 5.41) is 0. The number of ether oxygens (including phenoxy) is 1. The van der Waals surface area contributed by atoms with Gasteiger partial charge in [-0.25, -0.2) is 0 Å². The minimum Gasteiger partial charge on any atom is -0.368 e. The van der Waals surface area contributed by atoms with Crippen molar-refractivity contribution >= 4 is 17.7 Å². The zero-order chi connectivity index (χ0) is 13.8. The Bertz CT molecular complexity index is 303. The molecule has 2 aliphatic rings. The molecule has 0 unspecified atom stereocenters. The fraction of sp³-hybridized carbons (Fsp3) is 0.933. The Hall–Kier alpha value is -0.220. The van der Waals surface area contributed by atoms with Crippen LogP contribution in [0.15, 0.2) is 0 Å². The van der Waals surface area contributed by atoms with Crippen molar-refractivity contribution < 1.29 is 9.53 Å². The fourth-order valence-corrected chi connectivity index (χ4v) is 4.16. The zero-order valence-electron chi connectivity index (χ0n) is 12.4. The van der Waals surface area contributed by atoms with E-state index in [2.05, 4.69) is 20.8 Å². The average Bonchev–Trinajstić information content (AvgIpc) is 2.89. The summed E-state index contributed by atoms with van der Waals surface area (Å²) in [4.78, 5) is 14.0. The van der Waals surface area contributed by atoms with Gasteiger partial charge >= 0.3 is 0 Å². The van der Waals surface area contributed by atoms with Gasteiger partial charge in [-0.1, -0.05) is 27.2 Å². The number of rotatable bonds is 4. The van der Waals surface area contributed by atoms with Crippen molar-refractivity contribution in [3.8, 4) is 0 Å². The molecule has 0 N–H and O–H groups in total. The monoisotopic (exact) mass is 285 g/mol. The van der Waals surface area contributed by atoms with Gasteiger partial charge in [-0.05, 0) is 30.6 Å². The van der Waals surface area contributed by atoms with Gasteiger partial charge < -0.3 is 9.64 Å². The van der Waals surface area contributed by atoms with Gasteiger partial charge in [0.1, 0.15) is 6.61 Å². The molecule has 110 valence electrons. The molecule has 2 rings (SSSR count). The maximum Gasteiger partial charge on any atom is 0.249 e. The summed E-state index contributed by atoms with van der Waals surface area (Å²) in [6, 6.07) is 0. The van der Waals surface area contributed by atoms with Gasteiger partial charge in [-0.15, -0.1) is 11.8 Å². The Morgan fingerprint density at radius 3 is 2.84 bits per heavy atom. The Morgan fingerprint density at radius 1 is 1.42 bits per heavy atom. The van der Waals surface area contributed by atoms with Gasteiger partial charge in [0.25, 0.3) is 0 Å². The highest BCUT2D eigenvalue weighted by atomic mass is 32.2. The third kappa shape index (κ3) is 4.12.